The molecule has 3 heteroatoms. The maximum Gasteiger partial charge on any atom is 0.127 e. The van der Waals surface area contributed by atoms with Crippen molar-refractivity contribution in [3.8, 4) is 11.5 Å². The zero-order valence-electron chi connectivity index (χ0n) is 12.9. The number of hydrogen-bond donors (Lipinski definition) is 1. The first-order valence-electron chi connectivity index (χ1n) is 7.24. The highest BCUT2D eigenvalue weighted by molar-refractivity contribution is 5.42. The van der Waals surface area contributed by atoms with Gasteiger partial charge in [0.25, 0.3) is 0 Å². The van der Waals surface area contributed by atoms with Crippen molar-refractivity contribution < 1.29 is 9.47 Å². The van der Waals surface area contributed by atoms with Crippen LogP contribution in [0, 0.1) is 0 Å². The summed E-state index contributed by atoms with van der Waals surface area (Å²) >= 11 is 0. The second-order valence-electron chi connectivity index (χ2n) is 5.02. The molecule has 21 heavy (non-hydrogen) atoms. The van der Waals surface area contributed by atoms with Gasteiger partial charge in [0.1, 0.15) is 11.5 Å². The van der Waals surface area contributed by atoms with E-state index in [0.717, 1.165) is 30.0 Å². The molecule has 0 aliphatic carbocycles. The van der Waals surface area contributed by atoms with Gasteiger partial charge in [-0.25, -0.2) is 0 Å². The van der Waals surface area contributed by atoms with Gasteiger partial charge in [0.15, 0.2) is 0 Å². The molecule has 2 aromatic carbocycles. The van der Waals surface area contributed by atoms with Gasteiger partial charge >= 0.3 is 0 Å². The first-order chi connectivity index (χ1) is 10.2. The Morgan fingerprint density at radius 2 is 1.76 bits per heavy atom. The van der Waals surface area contributed by atoms with Crippen LogP contribution >= 0.6 is 0 Å². The predicted octanol–water partition coefficient (Wildman–Crippen LogP) is 3.60. The molecule has 0 radical (unpaired) electrons. The van der Waals surface area contributed by atoms with Gasteiger partial charge in [-0.2, -0.15) is 0 Å². The molecule has 0 spiro atoms. The SMILES string of the molecule is COc1ccc(C(C)NCCc2ccccc2)c(OC)c1. The Labute approximate surface area is 126 Å². The van der Waals surface area contributed by atoms with Crippen molar-refractivity contribution in [1.29, 1.82) is 0 Å². The molecule has 0 saturated carbocycles. The normalized spacial score (nSPS) is 12.0. The molecule has 0 aromatic heterocycles. The molecule has 0 aliphatic heterocycles. The minimum atomic E-state index is 0.231. The zero-order chi connectivity index (χ0) is 15.1. The van der Waals surface area contributed by atoms with Gasteiger partial charge in [-0.05, 0) is 31.5 Å². The number of benzene rings is 2. The Balaban J connectivity index is 1.95. The number of methoxy groups -OCH3 is 2. The molecule has 0 heterocycles. The van der Waals surface area contributed by atoms with Crippen LogP contribution in [0.15, 0.2) is 48.5 Å². The molecule has 2 aromatic rings. The summed E-state index contributed by atoms with van der Waals surface area (Å²) in [6.07, 6.45) is 1.02. The summed E-state index contributed by atoms with van der Waals surface area (Å²) in [7, 11) is 3.35. The third kappa shape index (κ3) is 4.23. The lowest BCUT2D eigenvalue weighted by Crippen LogP contribution is -2.21. The summed E-state index contributed by atoms with van der Waals surface area (Å²) in [4.78, 5) is 0. The van der Waals surface area contributed by atoms with Crippen molar-refractivity contribution in [2.45, 2.75) is 19.4 Å². The first kappa shape index (κ1) is 15.4. The van der Waals surface area contributed by atoms with Crippen LogP contribution < -0.4 is 14.8 Å². The molecule has 0 bridgehead atoms. The quantitative estimate of drug-likeness (QED) is 0.843. The van der Waals surface area contributed by atoms with Crippen LogP contribution in [-0.4, -0.2) is 20.8 Å². The van der Waals surface area contributed by atoms with E-state index < -0.39 is 0 Å². The predicted molar refractivity (Wildman–Crippen MR) is 86.1 cm³/mol. The lowest BCUT2D eigenvalue weighted by molar-refractivity contribution is 0.386. The van der Waals surface area contributed by atoms with Crippen LogP contribution in [0.4, 0.5) is 0 Å². The van der Waals surface area contributed by atoms with Gasteiger partial charge in [-0.3, -0.25) is 0 Å². The number of ether oxygens (including phenoxy) is 2. The molecular weight excluding hydrogens is 262 g/mol. The van der Waals surface area contributed by atoms with Crippen molar-refractivity contribution in [3.63, 3.8) is 0 Å². The molecule has 1 atom stereocenters. The molecule has 1 unspecified atom stereocenters. The second kappa shape index (κ2) is 7.70. The zero-order valence-corrected chi connectivity index (χ0v) is 12.9. The molecule has 0 saturated heterocycles. The van der Waals surface area contributed by atoms with Crippen LogP contribution in [-0.2, 0) is 6.42 Å². The van der Waals surface area contributed by atoms with E-state index >= 15 is 0 Å². The van der Waals surface area contributed by atoms with Crippen molar-refractivity contribution in [3.05, 3.63) is 59.7 Å². The van der Waals surface area contributed by atoms with Crippen LogP contribution in [0.5, 0.6) is 11.5 Å². The third-order valence-corrected chi connectivity index (χ3v) is 3.61. The third-order valence-electron chi connectivity index (χ3n) is 3.61. The molecule has 0 aliphatic rings. The van der Waals surface area contributed by atoms with Gasteiger partial charge in [0.05, 0.1) is 14.2 Å². The standard InChI is InChI=1S/C18H23NO2/c1-14(19-12-11-15-7-5-4-6-8-15)17-10-9-16(20-2)13-18(17)21-3/h4-10,13-14,19H,11-12H2,1-3H3. The average molecular weight is 285 g/mol. The highest BCUT2D eigenvalue weighted by Crippen LogP contribution is 2.29. The summed E-state index contributed by atoms with van der Waals surface area (Å²) in [6, 6.07) is 16.7. The molecule has 1 N–H and O–H groups in total. The Morgan fingerprint density at radius 3 is 2.43 bits per heavy atom. The topological polar surface area (TPSA) is 30.5 Å². The highest BCUT2D eigenvalue weighted by Gasteiger charge is 2.11. The minimum absolute atomic E-state index is 0.231. The van der Waals surface area contributed by atoms with E-state index in [1.54, 1.807) is 14.2 Å². The highest BCUT2D eigenvalue weighted by atomic mass is 16.5. The van der Waals surface area contributed by atoms with Gasteiger partial charge in [0.2, 0.25) is 0 Å². The van der Waals surface area contributed by atoms with Crippen LogP contribution in [0.25, 0.3) is 0 Å². The second-order valence-corrected chi connectivity index (χ2v) is 5.02. The van der Waals surface area contributed by atoms with E-state index in [4.69, 9.17) is 9.47 Å². The van der Waals surface area contributed by atoms with E-state index in [0.29, 0.717) is 0 Å². The van der Waals surface area contributed by atoms with Crippen molar-refractivity contribution >= 4 is 0 Å². The lowest BCUT2D eigenvalue weighted by Gasteiger charge is -2.18. The fourth-order valence-corrected chi connectivity index (χ4v) is 2.36. The number of nitrogens with one attached hydrogen (secondary N) is 1. The fraction of sp³-hybridized carbons (Fsp3) is 0.333. The molecular formula is C18H23NO2. The maximum absolute atomic E-state index is 5.45. The molecule has 0 fully saturated rings. The van der Waals surface area contributed by atoms with Crippen molar-refractivity contribution in [2.24, 2.45) is 0 Å². The summed E-state index contributed by atoms with van der Waals surface area (Å²) < 4.78 is 10.7. The molecule has 2 rings (SSSR count). The average Bonchev–Trinajstić information content (AvgIpc) is 2.55. The van der Waals surface area contributed by atoms with E-state index in [1.165, 1.54) is 5.56 Å². The Kier molecular flexibility index (Phi) is 5.64. The molecule has 0 amide bonds. The van der Waals surface area contributed by atoms with E-state index in [1.807, 2.05) is 18.2 Å². The summed E-state index contributed by atoms with van der Waals surface area (Å²) in [5.74, 6) is 1.67. The smallest absolute Gasteiger partial charge is 0.127 e. The van der Waals surface area contributed by atoms with E-state index in [9.17, 15) is 0 Å². The lowest BCUT2D eigenvalue weighted by atomic mass is 10.1. The summed E-state index contributed by atoms with van der Waals surface area (Å²) in [6.45, 7) is 3.08. The summed E-state index contributed by atoms with van der Waals surface area (Å²) in [5, 5.41) is 3.54. The van der Waals surface area contributed by atoms with Crippen LogP contribution in [0.2, 0.25) is 0 Å². The molecule has 112 valence electrons. The molecule has 3 nitrogen and oxygen atoms in total. The van der Waals surface area contributed by atoms with E-state index in [2.05, 4.69) is 42.6 Å². The van der Waals surface area contributed by atoms with Gasteiger partial charge < -0.3 is 14.8 Å². The van der Waals surface area contributed by atoms with Crippen molar-refractivity contribution in [2.75, 3.05) is 20.8 Å². The Morgan fingerprint density at radius 1 is 1.00 bits per heavy atom. The Hall–Kier alpha value is -2.00. The first-order valence-corrected chi connectivity index (χ1v) is 7.24. The van der Waals surface area contributed by atoms with Gasteiger partial charge in [-0.15, -0.1) is 0 Å². The largest absolute Gasteiger partial charge is 0.497 e. The maximum atomic E-state index is 5.45. The van der Waals surface area contributed by atoms with E-state index in [-0.39, 0.29) is 6.04 Å². The van der Waals surface area contributed by atoms with Gasteiger partial charge in [-0.1, -0.05) is 36.4 Å². The number of rotatable bonds is 7. The van der Waals surface area contributed by atoms with Gasteiger partial charge in [0, 0.05) is 17.7 Å². The van der Waals surface area contributed by atoms with Crippen LogP contribution in [0.3, 0.4) is 0 Å². The fourth-order valence-electron chi connectivity index (χ4n) is 2.36. The Bertz CT molecular complexity index is 554. The number of hydrogen-bond acceptors (Lipinski definition) is 3. The minimum Gasteiger partial charge on any atom is -0.497 e. The van der Waals surface area contributed by atoms with Crippen LogP contribution in [0.1, 0.15) is 24.1 Å². The van der Waals surface area contributed by atoms with Crippen molar-refractivity contribution in [1.82, 2.24) is 5.32 Å². The monoisotopic (exact) mass is 285 g/mol. The summed E-state index contributed by atoms with van der Waals surface area (Å²) in [5.41, 5.74) is 2.49.